The van der Waals surface area contributed by atoms with Gasteiger partial charge in [-0.15, -0.1) is 0 Å². The zero-order valence-corrected chi connectivity index (χ0v) is 12.2. The van der Waals surface area contributed by atoms with E-state index in [0.717, 1.165) is 42.8 Å². The number of piperidine rings is 1. The Morgan fingerprint density at radius 2 is 1.70 bits per heavy atom. The molecule has 1 aromatic carbocycles. The van der Waals surface area contributed by atoms with Gasteiger partial charge in [0.05, 0.1) is 0 Å². The van der Waals surface area contributed by atoms with Crippen LogP contribution in [0.2, 0.25) is 0 Å². The molecule has 0 radical (unpaired) electrons. The van der Waals surface area contributed by atoms with Gasteiger partial charge in [-0.3, -0.25) is 0 Å². The van der Waals surface area contributed by atoms with Crippen molar-refractivity contribution in [2.75, 3.05) is 26.3 Å². The van der Waals surface area contributed by atoms with Gasteiger partial charge in [0.15, 0.2) is 11.5 Å². The fourth-order valence-corrected chi connectivity index (χ4v) is 3.09. The lowest BCUT2D eigenvalue weighted by Crippen LogP contribution is -2.28. The predicted molar refractivity (Wildman–Crippen MR) is 76.4 cm³/mol. The predicted octanol–water partition coefficient (Wildman–Crippen LogP) is 3.13. The van der Waals surface area contributed by atoms with Gasteiger partial charge in [-0.05, 0) is 69.0 Å². The van der Waals surface area contributed by atoms with Crippen LogP contribution in [0.1, 0.15) is 43.7 Å². The summed E-state index contributed by atoms with van der Waals surface area (Å²) in [5.41, 5.74) is 0.465. The van der Waals surface area contributed by atoms with Crippen molar-refractivity contribution in [1.82, 2.24) is 5.32 Å². The minimum absolute atomic E-state index is 0.400. The SMILES string of the molecule is CC(C)(F)c1cc2c(cc1C1CCNCC1)OCCO2. The second-order valence-corrected chi connectivity index (χ2v) is 6.08. The van der Waals surface area contributed by atoms with Crippen molar-refractivity contribution in [2.45, 2.75) is 38.3 Å². The first-order valence-corrected chi connectivity index (χ1v) is 7.39. The van der Waals surface area contributed by atoms with E-state index in [9.17, 15) is 4.39 Å². The molecule has 110 valence electrons. The van der Waals surface area contributed by atoms with E-state index in [2.05, 4.69) is 5.32 Å². The molecule has 2 aliphatic rings. The summed E-state index contributed by atoms with van der Waals surface area (Å²) in [5, 5.41) is 3.36. The van der Waals surface area contributed by atoms with E-state index in [4.69, 9.17) is 9.47 Å². The normalized spacial score (nSPS) is 19.9. The van der Waals surface area contributed by atoms with E-state index in [0.29, 0.717) is 24.9 Å². The molecule has 0 atom stereocenters. The largest absolute Gasteiger partial charge is 0.486 e. The summed E-state index contributed by atoms with van der Waals surface area (Å²) in [5.74, 6) is 1.84. The highest BCUT2D eigenvalue weighted by atomic mass is 19.1. The molecule has 0 saturated carbocycles. The van der Waals surface area contributed by atoms with E-state index in [1.165, 1.54) is 0 Å². The molecule has 0 bridgehead atoms. The summed E-state index contributed by atoms with van der Waals surface area (Å²) in [6.45, 7) is 6.31. The zero-order valence-electron chi connectivity index (χ0n) is 12.2. The number of alkyl halides is 1. The lowest BCUT2D eigenvalue weighted by Gasteiger charge is -2.30. The van der Waals surface area contributed by atoms with Crippen LogP contribution in [0.5, 0.6) is 11.5 Å². The molecule has 0 unspecified atom stereocenters. The van der Waals surface area contributed by atoms with Crippen molar-refractivity contribution in [1.29, 1.82) is 0 Å². The van der Waals surface area contributed by atoms with Crippen molar-refractivity contribution in [2.24, 2.45) is 0 Å². The molecule has 1 N–H and O–H groups in total. The number of nitrogens with one attached hydrogen (secondary N) is 1. The third-order valence-corrected chi connectivity index (χ3v) is 4.13. The third-order valence-electron chi connectivity index (χ3n) is 4.13. The standard InChI is InChI=1S/C16H22FNO2/c1-16(2,17)13-10-15-14(19-7-8-20-15)9-12(13)11-3-5-18-6-4-11/h9-11,18H,3-8H2,1-2H3. The van der Waals surface area contributed by atoms with E-state index >= 15 is 0 Å². The van der Waals surface area contributed by atoms with E-state index in [1.807, 2.05) is 12.1 Å². The molecule has 1 fully saturated rings. The highest BCUT2D eigenvalue weighted by molar-refractivity contribution is 5.51. The first kappa shape index (κ1) is 13.7. The molecule has 2 heterocycles. The summed E-state index contributed by atoms with van der Waals surface area (Å²) >= 11 is 0. The first-order valence-electron chi connectivity index (χ1n) is 7.39. The second kappa shape index (κ2) is 5.24. The Morgan fingerprint density at radius 3 is 2.30 bits per heavy atom. The van der Waals surface area contributed by atoms with E-state index < -0.39 is 5.67 Å². The van der Waals surface area contributed by atoms with Gasteiger partial charge in [0.25, 0.3) is 0 Å². The van der Waals surface area contributed by atoms with Crippen LogP contribution in [0.4, 0.5) is 4.39 Å². The summed E-state index contributed by atoms with van der Waals surface area (Å²) < 4.78 is 25.9. The number of ether oxygens (including phenoxy) is 2. The number of fused-ring (bicyclic) bond motifs is 1. The summed E-state index contributed by atoms with van der Waals surface area (Å²) in [6, 6.07) is 3.84. The second-order valence-electron chi connectivity index (χ2n) is 6.08. The topological polar surface area (TPSA) is 30.5 Å². The fraction of sp³-hybridized carbons (Fsp3) is 0.625. The maximum Gasteiger partial charge on any atom is 0.161 e. The average Bonchev–Trinajstić information content (AvgIpc) is 2.46. The lowest BCUT2D eigenvalue weighted by molar-refractivity contribution is 0.168. The Kier molecular flexibility index (Phi) is 3.59. The van der Waals surface area contributed by atoms with E-state index in [-0.39, 0.29) is 0 Å². The highest BCUT2D eigenvalue weighted by Crippen LogP contribution is 2.42. The van der Waals surface area contributed by atoms with Gasteiger partial charge in [0.1, 0.15) is 18.9 Å². The Morgan fingerprint density at radius 1 is 1.10 bits per heavy atom. The summed E-state index contributed by atoms with van der Waals surface area (Å²) in [6.07, 6.45) is 2.09. The van der Waals surface area contributed by atoms with Gasteiger partial charge in [0.2, 0.25) is 0 Å². The minimum Gasteiger partial charge on any atom is -0.486 e. The molecule has 0 aromatic heterocycles. The molecule has 3 nitrogen and oxygen atoms in total. The first-order chi connectivity index (χ1) is 9.55. The monoisotopic (exact) mass is 279 g/mol. The van der Waals surface area contributed by atoms with Crippen LogP contribution in [0.25, 0.3) is 0 Å². The molecule has 0 aliphatic carbocycles. The van der Waals surface area contributed by atoms with Crippen LogP contribution in [0.15, 0.2) is 12.1 Å². The number of hydrogen-bond acceptors (Lipinski definition) is 3. The molecule has 1 aromatic rings. The lowest BCUT2D eigenvalue weighted by atomic mass is 9.82. The quantitative estimate of drug-likeness (QED) is 0.902. The maximum absolute atomic E-state index is 14.6. The van der Waals surface area contributed by atoms with Crippen molar-refractivity contribution in [3.63, 3.8) is 0 Å². The van der Waals surface area contributed by atoms with Gasteiger partial charge in [0, 0.05) is 0 Å². The maximum atomic E-state index is 14.6. The average molecular weight is 279 g/mol. The number of hydrogen-bond donors (Lipinski definition) is 1. The van der Waals surface area contributed by atoms with Crippen LogP contribution in [-0.2, 0) is 5.67 Å². The van der Waals surface area contributed by atoms with Crippen LogP contribution >= 0.6 is 0 Å². The van der Waals surface area contributed by atoms with Crippen molar-refractivity contribution in [3.8, 4) is 11.5 Å². The van der Waals surface area contributed by atoms with Crippen LogP contribution in [0, 0.1) is 0 Å². The molecule has 0 amide bonds. The number of rotatable bonds is 2. The van der Waals surface area contributed by atoms with Crippen molar-refractivity contribution in [3.05, 3.63) is 23.3 Å². The molecule has 2 aliphatic heterocycles. The van der Waals surface area contributed by atoms with Gasteiger partial charge >= 0.3 is 0 Å². The fourth-order valence-electron chi connectivity index (χ4n) is 3.09. The smallest absolute Gasteiger partial charge is 0.161 e. The molecule has 1 saturated heterocycles. The molecule has 20 heavy (non-hydrogen) atoms. The Labute approximate surface area is 119 Å². The molecule has 4 heteroatoms. The summed E-state index contributed by atoms with van der Waals surface area (Å²) in [7, 11) is 0. The van der Waals surface area contributed by atoms with Crippen molar-refractivity contribution >= 4 is 0 Å². The molecular formula is C16H22FNO2. The van der Waals surface area contributed by atoms with Gasteiger partial charge in [-0.2, -0.15) is 0 Å². The Hall–Kier alpha value is -1.29. The van der Waals surface area contributed by atoms with Gasteiger partial charge in [-0.25, -0.2) is 4.39 Å². The van der Waals surface area contributed by atoms with Gasteiger partial charge in [-0.1, -0.05) is 0 Å². The van der Waals surface area contributed by atoms with Gasteiger partial charge < -0.3 is 14.8 Å². The van der Waals surface area contributed by atoms with Crippen molar-refractivity contribution < 1.29 is 13.9 Å². The Bertz CT molecular complexity index is 490. The van der Waals surface area contributed by atoms with Crippen LogP contribution in [-0.4, -0.2) is 26.3 Å². The molecular weight excluding hydrogens is 257 g/mol. The van der Waals surface area contributed by atoms with E-state index in [1.54, 1.807) is 13.8 Å². The summed E-state index contributed by atoms with van der Waals surface area (Å²) in [4.78, 5) is 0. The highest BCUT2D eigenvalue weighted by Gasteiger charge is 2.30. The molecule has 3 rings (SSSR count). The minimum atomic E-state index is -1.37. The number of halogens is 1. The zero-order chi connectivity index (χ0) is 14.2. The van der Waals surface area contributed by atoms with Crippen LogP contribution < -0.4 is 14.8 Å². The Balaban J connectivity index is 2.05. The van der Waals surface area contributed by atoms with Crippen LogP contribution in [0.3, 0.4) is 0 Å². The molecule has 0 spiro atoms. The third kappa shape index (κ3) is 2.62. The number of benzene rings is 1.